The van der Waals surface area contributed by atoms with Crippen LogP contribution in [0.25, 0.3) is 0 Å². The third-order valence-electron chi connectivity index (χ3n) is 3.31. The summed E-state index contributed by atoms with van der Waals surface area (Å²) in [5, 5.41) is 0.200. The Kier molecular flexibility index (Phi) is 5.08. The van der Waals surface area contributed by atoms with Crippen LogP contribution in [0, 0.1) is 0 Å². The predicted octanol–water partition coefficient (Wildman–Crippen LogP) is 1.25. The summed E-state index contributed by atoms with van der Waals surface area (Å²) in [6.07, 6.45) is 1.93. The maximum Gasteiger partial charge on any atom is 0.241 e. The van der Waals surface area contributed by atoms with E-state index >= 15 is 0 Å². The molecule has 0 unspecified atom stereocenters. The first-order chi connectivity index (χ1) is 9.94. The third-order valence-corrected chi connectivity index (χ3v) is 5.00. The molecule has 1 aliphatic heterocycles. The van der Waals surface area contributed by atoms with Gasteiger partial charge in [-0.1, -0.05) is 11.6 Å². The van der Waals surface area contributed by atoms with E-state index in [4.69, 9.17) is 16.3 Å². The van der Waals surface area contributed by atoms with Crippen LogP contribution in [0.3, 0.4) is 0 Å². The van der Waals surface area contributed by atoms with Gasteiger partial charge < -0.3 is 9.64 Å². The molecule has 1 saturated heterocycles. The van der Waals surface area contributed by atoms with Gasteiger partial charge in [0.05, 0.1) is 23.6 Å². The molecule has 21 heavy (non-hydrogen) atoms. The molecule has 0 atom stereocenters. The van der Waals surface area contributed by atoms with Gasteiger partial charge in [-0.25, -0.2) is 13.1 Å². The Bertz CT molecular complexity index is 627. The molecular formula is C13H17ClN2O4S. The molecule has 2 rings (SSSR count). The molecular weight excluding hydrogens is 316 g/mol. The first kappa shape index (κ1) is 16.1. The number of nitrogens with one attached hydrogen (secondary N) is 1. The van der Waals surface area contributed by atoms with Crippen LogP contribution in [-0.4, -0.2) is 46.0 Å². The molecule has 1 amide bonds. The molecule has 0 bridgehead atoms. The minimum atomic E-state index is -3.77. The van der Waals surface area contributed by atoms with Crippen LogP contribution in [0.4, 0.5) is 0 Å². The smallest absolute Gasteiger partial charge is 0.241 e. The number of methoxy groups -OCH3 is 1. The fourth-order valence-corrected chi connectivity index (χ4v) is 3.46. The number of halogens is 1. The average molecular weight is 333 g/mol. The van der Waals surface area contributed by atoms with Crippen LogP contribution in [-0.2, 0) is 14.8 Å². The van der Waals surface area contributed by atoms with Crippen molar-refractivity contribution in [2.45, 2.75) is 17.7 Å². The maximum absolute atomic E-state index is 12.1. The number of amides is 1. The topological polar surface area (TPSA) is 75.7 Å². The molecule has 1 N–H and O–H groups in total. The van der Waals surface area contributed by atoms with Crippen molar-refractivity contribution in [2.75, 3.05) is 26.7 Å². The van der Waals surface area contributed by atoms with Crippen LogP contribution in [0.1, 0.15) is 12.8 Å². The van der Waals surface area contributed by atoms with Gasteiger partial charge in [0.2, 0.25) is 15.9 Å². The SMILES string of the molecule is COc1ccc(S(=O)(=O)NCC(=O)N2CCCC2)cc1Cl. The van der Waals surface area contributed by atoms with Crippen LogP contribution < -0.4 is 9.46 Å². The molecule has 1 aliphatic rings. The van der Waals surface area contributed by atoms with Gasteiger partial charge in [0, 0.05) is 13.1 Å². The van der Waals surface area contributed by atoms with Crippen LogP contribution in [0.2, 0.25) is 5.02 Å². The zero-order valence-electron chi connectivity index (χ0n) is 11.6. The fourth-order valence-electron chi connectivity index (χ4n) is 2.13. The standard InChI is InChI=1S/C13H17ClN2O4S/c1-20-12-5-4-10(8-11(12)14)21(18,19)15-9-13(17)16-6-2-3-7-16/h4-5,8,15H,2-3,6-7,9H2,1H3. The predicted molar refractivity (Wildman–Crippen MR) is 79.0 cm³/mol. The highest BCUT2D eigenvalue weighted by Gasteiger charge is 2.21. The molecule has 0 radical (unpaired) electrons. The summed E-state index contributed by atoms with van der Waals surface area (Å²) in [5.41, 5.74) is 0. The second-order valence-corrected chi connectivity index (χ2v) is 6.88. The molecule has 0 spiro atoms. The Morgan fingerprint density at radius 3 is 2.62 bits per heavy atom. The van der Waals surface area contributed by atoms with Gasteiger partial charge in [-0.15, -0.1) is 0 Å². The Morgan fingerprint density at radius 2 is 2.05 bits per heavy atom. The highest BCUT2D eigenvalue weighted by molar-refractivity contribution is 7.89. The number of hydrogen-bond donors (Lipinski definition) is 1. The average Bonchev–Trinajstić information content (AvgIpc) is 2.99. The van der Waals surface area contributed by atoms with Crippen molar-refractivity contribution < 1.29 is 17.9 Å². The van der Waals surface area contributed by atoms with E-state index in [1.165, 1.54) is 25.3 Å². The summed E-state index contributed by atoms with van der Waals surface area (Å²) in [7, 11) is -2.32. The third kappa shape index (κ3) is 3.87. The first-order valence-electron chi connectivity index (χ1n) is 6.55. The molecule has 1 heterocycles. The normalized spacial score (nSPS) is 15.2. The highest BCUT2D eigenvalue weighted by Crippen LogP contribution is 2.26. The summed E-state index contributed by atoms with van der Waals surface area (Å²) in [5.74, 6) is 0.180. The van der Waals surface area contributed by atoms with Crippen molar-refractivity contribution in [3.8, 4) is 5.75 Å². The van der Waals surface area contributed by atoms with Crippen molar-refractivity contribution in [1.82, 2.24) is 9.62 Å². The number of likely N-dealkylation sites (tertiary alicyclic amines) is 1. The Morgan fingerprint density at radius 1 is 1.38 bits per heavy atom. The highest BCUT2D eigenvalue weighted by atomic mass is 35.5. The van der Waals surface area contributed by atoms with Gasteiger partial charge in [0.25, 0.3) is 0 Å². The number of carbonyl (C=O) groups excluding carboxylic acids is 1. The molecule has 116 valence electrons. The summed E-state index contributed by atoms with van der Waals surface area (Å²) in [6.45, 7) is 1.13. The molecule has 1 fully saturated rings. The summed E-state index contributed by atoms with van der Waals surface area (Å²) in [6, 6.07) is 4.15. The zero-order valence-corrected chi connectivity index (χ0v) is 13.2. The lowest BCUT2D eigenvalue weighted by molar-refractivity contribution is -0.128. The van der Waals surface area contributed by atoms with Crippen LogP contribution in [0.15, 0.2) is 23.1 Å². The number of benzene rings is 1. The van der Waals surface area contributed by atoms with E-state index in [2.05, 4.69) is 4.72 Å². The monoisotopic (exact) mass is 332 g/mol. The van der Waals surface area contributed by atoms with E-state index in [0.29, 0.717) is 18.8 Å². The molecule has 0 aromatic heterocycles. The van der Waals surface area contributed by atoms with Gasteiger partial charge in [0.1, 0.15) is 5.75 Å². The van der Waals surface area contributed by atoms with E-state index in [9.17, 15) is 13.2 Å². The van der Waals surface area contributed by atoms with Crippen molar-refractivity contribution in [1.29, 1.82) is 0 Å². The van der Waals surface area contributed by atoms with E-state index in [-0.39, 0.29) is 22.4 Å². The van der Waals surface area contributed by atoms with Gasteiger partial charge in [-0.3, -0.25) is 4.79 Å². The Labute approximate surface area is 129 Å². The summed E-state index contributed by atoms with van der Waals surface area (Å²) in [4.78, 5) is 13.5. The van der Waals surface area contributed by atoms with Gasteiger partial charge >= 0.3 is 0 Å². The quantitative estimate of drug-likeness (QED) is 0.880. The van der Waals surface area contributed by atoms with E-state index in [0.717, 1.165) is 12.8 Å². The number of nitrogens with zero attached hydrogens (tertiary/aromatic N) is 1. The summed E-state index contributed by atoms with van der Waals surface area (Å²) < 4.78 is 31.5. The number of rotatable bonds is 5. The lowest BCUT2D eigenvalue weighted by Gasteiger charge is -2.15. The zero-order chi connectivity index (χ0) is 15.5. The van der Waals surface area contributed by atoms with Crippen LogP contribution in [0.5, 0.6) is 5.75 Å². The van der Waals surface area contributed by atoms with E-state index in [1.807, 2.05) is 0 Å². The molecule has 1 aromatic carbocycles. The first-order valence-corrected chi connectivity index (χ1v) is 8.41. The van der Waals surface area contributed by atoms with Crippen molar-refractivity contribution in [3.05, 3.63) is 23.2 Å². The second kappa shape index (κ2) is 6.64. The summed E-state index contributed by atoms with van der Waals surface area (Å²) >= 11 is 5.91. The number of hydrogen-bond acceptors (Lipinski definition) is 4. The van der Waals surface area contributed by atoms with Crippen LogP contribution >= 0.6 is 11.6 Å². The largest absolute Gasteiger partial charge is 0.495 e. The fraction of sp³-hybridized carbons (Fsp3) is 0.462. The van der Waals surface area contributed by atoms with E-state index < -0.39 is 10.0 Å². The lowest BCUT2D eigenvalue weighted by Crippen LogP contribution is -2.38. The molecule has 0 saturated carbocycles. The lowest BCUT2D eigenvalue weighted by atomic mass is 10.3. The number of ether oxygens (including phenoxy) is 1. The molecule has 8 heteroatoms. The minimum Gasteiger partial charge on any atom is -0.495 e. The minimum absolute atomic E-state index is 0.00234. The van der Waals surface area contributed by atoms with E-state index in [1.54, 1.807) is 4.90 Å². The van der Waals surface area contributed by atoms with Crippen molar-refractivity contribution in [2.24, 2.45) is 0 Å². The second-order valence-electron chi connectivity index (χ2n) is 4.71. The molecule has 1 aromatic rings. The number of sulfonamides is 1. The van der Waals surface area contributed by atoms with Gasteiger partial charge in [-0.2, -0.15) is 0 Å². The Hall–Kier alpha value is -1.31. The van der Waals surface area contributed by atoms with Crippen molar-refractivity contribution in [3.63, 3.8) is 0 Å². The molecule has 6 nitrogen and oxygen atoms in total. The Balaban J connectivity index is 2.04. The van der Waals surface area contributed by atoms with Gasteiger partial charge in [-0.05, 0) is 31.0 Å². The maximum atomic E-state index is 12.1. The molecule has 0 aliphatic carbocycles. The van der Waals surface area contributed by atoms with Gasteiger partial charge in [0.15, 0.2) is 0 Å². The number of carbonyl (C=O) groups is 1. The van der Waals surface area contributed by atoms with Crippen molar-refractivity contribution >= 4 is 27.5 Å².